The lowest BCUT2D eigenvalue weighted by atomic mass is 9.93. The molecule has 0 amide bonds. The molecule has 13 heavy (non-hydrogen) atoms. The highest BCUT2D eigenvalue weighted by Gasteiger charge is 2.15. The van der Waals surface area contributed by atoms with Crippen LogP contribution in [-0.4, -0.2) is 5.11 Å². The number of rotatable bonds is 2. The molecule has 1 aliphatic carbocycles. The van der Waals surface area contributed by atoms with Crippen LogP contribution in [0.1, 0.15) is 37.4 Å². The maximum Gasteiger partial charge on any atom is 0.101 e. The molecule has 1 unspecified atom stereocenters. The summed E-state index contributed by atoms with van der Waals surface area (Å²) in [5.74, 6) is 0. The maximum atomic E-state index is 9.97. The smallest absolute Gasteiger partial charge is 0.101 e. The van der Waals surface area contributed by atoms with Crippen LogP contribution in [0.25, 0.3) is 0 Å². The first-order chi connectivity index (χ1) is 6.38. The van der Waals surface area contributed by atoms with Gasteiger partial charge < -0.3 is 5.11 Å². The number of hydrogen-bond donors (Lipinski definition) is 1. The second kappa shape index (κ2) is 4.07. The zero-order chi connectivity index (χ0) is 9.10. The number of aliphatic hydroxyl groups excluding tert-OH is 1. The van der Waals surface area contributed by atoms with E-state index in [9.17, 15) is 5.11 Å². The molecule has 2 heteroatoms. The molecule has 1 nitrogen and oxygen atoms in total. The van der Waals surface area contributed by atoms with Crippen LogP contribution in [0.4, 0.5) is 0 Å². The molecular weight excluding hydrogens is 180 g/mol. The van der Waals surface area contributed by atoms with E-state index in [0.29, 0.717) is 0 Å². The van der Waals surface area contributed by atoms with Gasteiger partial charge in [-0.05, 0) is 53.6 Å². The van der Waals surface area contributed by atoms with E-state index in [0.717, 1.165) is 18.4 Å². The van der Waals surface area contributed by atoms with Crippen molar-refractivity contribution in [2.75, 3.05) is 0 Å². The molecule has 1 atom stereocenters. The molecule has 0 bridgehead atoms. The fraction of sp³-hybridized carbons (Fsp3) is 0.455. The molecule has 0 aromatic carbocycles. The van der Waals surface area contributed by atoms with E-state index >= 15 is 0 Å². The third-order valence-corrected chi connectivity index (χ3v) is 3.24. The first-order valence-corrected chi connectivity index (χ1v) is 5.71. The molecule has 2 rings (SSSR count). The van der Waals surface area contributed by atoms with Crippen LogP contribution in [0.5, 0.6) is 0 Å². The van der Waals surface area contributed by atoms with E-state index in [2.05, 4.69) is 6.08 Å². The summed E-state index contributed by atoms with van der Waals surface area (Å²) in [6.45, 7) is 0. The molecule has 0 aliphatic heterocycles. The van der Waals surface area contributed by atoms with Crippen LogP contribution < -0.4 is 0 Å². The van der Waals surface area contributed by atoms with Crippen molar-refractivity contribution in [1.82, 2.24) is 0 Å². The van der Waals surface area contributed by atoms with Gasteiger partial charge in [0.25, 0.3) is 0 Å². The molecule has 0 radical (unpaired) electrons. The van der Waals surface area contributed by atoms with Crippen molar-refractivity contribution >= 4 is 11.3 Å². The Morgan fingerprint density at radius 3 is 2.92 bits per heavy atom. The van der Waals surface area contributed by atoms with Gasteiger partial charge in [0, 0.05) is 0 Å². The zero-order valence-electron chi connectivity index (χ0n) is 7.57. The van der Waals surface area contributed by atoms with E-state index in [1.54, 1.807) is 11.3 Å². The van der Waals surface area contributed by atoms with Gasteiger partial charge in [-0.3, -0.25) is 0 Å². The Balaban J connectivity index is 2.12. The number of hydrogen-bond acceptors (Lipinski definition) is 2. The molecular formula is C11H14OS. The topological polar surface area (TPSA) is 20.2 Å². The average Bonchev–Trinajstić information content (AvgIpc) is 2.71. The lowest BCUT2D eigenvalue weighted by Gasteiger charge is -2.17. The molecule has 0 fully saturated rings. The van der Waals surface area contributed by atoms with E-state index in [4.69, 9.17) is 0 Å². The Kier molecular flexibility index (Phi) is 2.81. The van der Waals surface area contributed by atoms with Gasteiger partial charge in [-0.1, -0.05) is 6.08 Å². The highest BCUT2D eigenvalue weighted by Crippen LogP contribution is 2.30. The fourth-order valence-electron chi connectivity index (χ4n) is 1.76. The van der Waals surface area contributed by atoms with Crippen molar-refractivity contribution < 1.29 is 5.11 Å². The van der Waals surface area contributed by atoms with Gasteiger partial charge >= 0.3 is 0 Å². The van der Waals surface area contributed by atoms with Gasteiger partial charge in [-0.2, -0.15) is 11.3 Å². The Bertz CT molecular complexity index is 287. The third-order valence-electron chi connectivity index (χ3n) is 2.54. The second-order valence-corrected chi connectivity index (χ2v) is 4.26. The lowest BCUT2D eigenvalue weighted by Crippen LogP contribution is -2.03. The van der Waals surface area contributed by atoms with Gasteiger partial charge in [-0.15, -0.1) is 0 Å². The second-order valence-electron chi connectivity index (χ2n) is 3.48. The summed E-state index contributed by atoms with van der Waals surface area (Å²) < 4.78 is 0. The predicted molar refractivity (Wildman–Crippen MR) is 55.8 cm³/mol. The van der Waals surface area contributed by atoms with Crippen molar-refractivity contribution in [2.45, 2.75) is 31.8 Å². The Morgan fingerprint density at radius 1 is 1.38 bits per heavy atom. The summed E-state index contributed by atoms with van der Waals surface area (Å²) in [6.07, 6.45) is 6.57. The normalized spacial score (nSPS) is 19.6. The minimum Gasteiger partial charge on any atom is -0.384 e. The predicted octanol–water partition coefficient (Wildman–Crippen LogP) is 3.28. The average molecular weight is 194 g/mol. The van der Waals surface area contributed by atoms with Gasteiger partial charge in [0.1, 0.15) is 6.10 Å². The van der Waals surface area contributed by atoms with Gasteiger partial charge in [0.05, 0.1) is 0 Å². The minimum absolute atomic E-state index is 0.341. The number of allylic oxidation sites excluding steroid dienone is 1. The van der Waals surface area contributed by atoms with Crippen LogP contribution in [0.3, 0.4) is 0 Å². The summed E-state index contributed by atoms with van der Waals surface area (Å²) in [5, 5.41) is 14.0. The van der Waals surface area contributed by atoms with Crippen molar-refractivity contribution in [3.8, 4) is 0 Å². The minimum atomic E-state index is -0.341. The van der Waals surface area contributed by atoms with Crippen molar-refractivity contribution in [3.63, 3.8) is 0 Å². The standard InChI is InChI=1S/C11H14OS/c12-11(10-6-7-13-8-10)9-4-2-1-3-5-9/h4,6-8,11-12H,1-3,5H2. The maximum absolute atomic E-state index is 9.97. The van der Waals surface area contributed by atoms with Crippen molar-refractivity contribution in [2.24, 2.45) is 0 Å². The van der Waals surface area contributed by atoms with E-state index < -0.39 is 0 Å². The largest absolute Gasteiger partial charge is 0.384 e. The van der Waals surface area contributed by atoms with Gasteiger partial charge in [0.2, 0.25) is 0 Å². The van der Waals surface area contributed by atoms with E-state index in [-0.39, 0.29) is 6.10 Å². The van der Waals surface area contributed by atoms with Crippen LogP contribution in [0.2, 0.25) is 0 Å². The quantitative estimate of drug-likeness (QED) is 0.716. The third kappa shape index (κ3) is 2.01. The summed E-state index contributed by atoms with van der Waals surface area (Å²) in [6, 6.07) is 2.00. The van der Waals surface area contributed by atoms with E-state index in [1.807, 2.05) is 16.8 Å². The highest BCUT2D eigenvalue weighted by molar-refractivity contribution is 7.07. The SMILES string of the molecule is OC(C1=CCCCC1)c1ccsc1. The molecule has 0 saturated heterocycles. The molecule has 1 aromatic rings. The summed E-state index contributed by atoms with van der Waals surface area (Å²) in [7, 11) is 0. The zero-order valence-corrected chi connectivity index (χ0v) is 8.39. The Hall–Kier alpha value is -0.600. The fourth-order valence-corrected chi connectivity index (χ4v) is 2.43. The van der Waals surface area contributed by atoms with Crippen LogP contribution in [0, 0.1) is 0 Å². The first kappa shape index (κ1) is 8.97. The monoisotopic (exact) mass is 194 g/mol. The Morgan fingerprint density at radius 2 is 2.31 bits per heavy atom. The summed E-state index contributed by atoms with van der Waals surface area (Å²) in [4.78, 5) is 0. The summed E-state index contributed by atoms with van der Waals surface area (Å²) >= 11 is 1.64. The molecule has 1 heterocycles. The number of thiophene rings is 1. The Labute approximate surface area is 82.7 Å². The first-order valence-electron chi connectivity index (χ1n) is 4.77. The van der Waals surface area contributed by atoms with Crippen LogP contribution >= 0.6 is 11.3 Å². The lowest BCUT2D eigenvalue weighted by molar-refractivity contribution is 0.209. The highest BCUT2D eigenvalue weighted by atomic mass is 32.1. The molecule has 1 aromatic heterocycles. The molecule has 0 spiro atoms. The number of aliphatic hydroxyl groups is 1. The van der Waals surface area contributed by atoms with Crippen LogP contribution in [0.15, 0.2) is 28.5 Å². The van der Waals surface area contributed by atoms with Gasteiger partial charge in [0.15, 0.2) is 0 Å². The summed E-state index contributed by atoms with van der Waals surface area (Å²) in [5.41, 5.74) is 2.27. The molecule has 70 valence electrons. The van der Waals surface area contributed by atoms with Crippen molar-refractivity contribution in [1.29, 1.82) is 0 Å². The van der Waals surface area contributed by atoms with Gasteiger partial charge in [-0.25, -0.2) is 0 Å². The molecule has 1 N–H and O–H groups in total. The van der Waals surface area contributed by atoms with Crippen LogP contribution in [-0.2, 0) is 0 Å². The molecule has 1 aliphatic rings. The van der Waals surface area contributed by atoms with E-state index in [1.165, 1.54) is 18.4 Å². The van der Waals surface area contributed by atoms with Crippen molar-refractivity contribution in [3.05, 3.63) is 34.0 Å². The molecule has 0 saturated carbocycles.